The van der Waals surface area contributed by atoms with Crippen LogP contribution in [0.15, 0.2) is 47.0 Å². The summed E-state index contributed by atoms with van der Waals surface area (Å²) in [6.45, 7) is 0. The van der Waals surface area contributed by atoms with Gasteiger partial charge in [-0.3, -0.25) is 0 Å². The smallest absolute Gasteiger partial charge is 0.336 e. The molecule has 0 aliphatic heterocycles. The van der Waals surface area contributed by atoms with Gasteiger partial charge in [-0.2, -0.15) is 4.98 Å². The Balaban J connectivity index is 2.09. The number of aromatic carboxylic acids is 1. The van der Waals surface area contributed by atoms with Crippen LogP contribution in [0.2, 0.25) is 0 Å². The van der Waals surface area contributed by atoms with Crippen molar-refractivity contribution in [3.63, 3.8) is 0 Å². The molecular weight excluding hydrogens is 312 g/mol. The molecule has 0 aliphatic rings. The molecule has 1 heterocycles. The highest BCUT2D eigenvalue weighted by molar-refractivity contribution is 5.94. The van der Waals surface area contributed by atoms with Crippen LogP contribution in [0.3, 0.4) is 0 Å². The van der Waals surface area contributed by atoms with Gasteiger partial charge in [0.25, 0.3) is 5.89 Å². The van der Waals surface area contributed by atoms with Crippen molar-refractivity contribution in [3.8, 4) is 34.3 Å². The van der Waals surface area contributed by atoms with Crippen LogP contribution in [0.4, 0.5) is 0 Å². The third-order valence-corrected chi connectivity index (χ3v) is 3.46. The third kappa shape index (κ3) is 2.67. The summed E-state index contributed by atoms with van der Waals surface area (Å²) in [7, 11) is 3.05. The number of para-hydroxylation sites is 1. The molecule has 7 heteroatoms. The number of nitrogens with zero attached hydrogens (tertiary/aromatic N) is 2. The van der Waals surface area contributed by atoms with Crippen molar-refractivity contribution in [1.29, 1.82) is 0 Å². The lowest BCUT2D eigenvalue weighted by atomic mass is 10.1. The number of benzene rings is 2. The van der Waals surface area contributed by atoms with E-state index in [1.54, 1.807) is 36.4 Å². The summed E-state index contributed by atoms with van der Waals surface area (Å²) in [6, 6.07) is 11.7. The number of methoxy groups -OCH3 is 2. The van der Waals surface area contributed by atoms with Gasteiger partial charge in [-0.15, -0.1) is 0 Å². The minimum Gasteiger partial charge on any atom is -0.493 e. The Morgan fingerprint density at radius 3 is 2.50 bits per heavy atom. The average molecular weight is 326 g/mol. The Kier molecular flexibility index (Phi) is 4.15. The molecule has 122 valence electrons. The van der Waals surface area contributed by atoms with Gasteiger partial charge >= 0.3 is 5.97 Å². The molecule has 2 aromatic carbocycles. The number of hydrogen-bond acceptors (Lipinski definition) is 6. The van der Waals surface area contributed by atoms with Crippen molar-refractivity contribution in [3.05, 3.63) is 48.0 Å². The van der Waals surface area contributed by atoms with Gasteiger partial charge in [-0.1, -0.05) is 23.4 Å². The SMILES string of the molecule is COc1cccc(-c2noc(-c3ccccc3C(=O)O)n2)c1OC. The number of rotatable bonds is 5. The monoisotopic (exact) mass is 326 g/mol. The number of carboxylic acids is 1. The number of ether oxygens (including phenoxy) is 2. The molecule has 3 rings (SSSR count). The summed E-state index contributed by atoms with van der Waals surface area (Å²) >= 11 is 0. The second kappa shape index (κ2) is 6.41. The quantitative estimate of drug-likeness (QED) is 0.769. The van der Waals surface area contributed by atoms with Crippen molar-refractivity contribution in [1.82, 2.24) is 10.1 Å². The Morgan fingerprint density at radius 1 is 1.04 bits per heavy atom. The molecule has 1 aromatic heterocycles. The average Bonchev–Trinajstić information content (AvgIpc) is 3.10. The predicted octanol–water partition coefficient (Wildman–Crippen LogP) is 3.12. The molecule has 3 aromatic rings. The van der Waals surface area contributed by atoms with Crippen LogP contribution >= 0.6 is 0 Å². The van der Waals surface area contributed by atoms with Gasteiger partial charge in [-0.05, 0) is 24.3 Å². The fourth-order valence-electron chi connectivity index (χ4n) is 2.36. The maximum atomic E-state index is 11.3. The number of carboxylic acid groups (broad SMARTS) is 1. The van der Waals surface area contributed by atoms with Crippen LogP contribution in [0.25, 0.3) is 22.8 Å². The largest absolute Gasteiger partial charge is 0.493 e. The zero-order valence-corrected chi connectivity index (χ0v) is 13.0. The standard InChI is InChI=1S/C17H14N2O5/c1-22-13-9-5-8-12(14(13)23-2)15-18-16(24-19-15)10-6-3-4-7-11(10)17(20)21/h3-9H,1-2H3,(H,20,21). The maximum Gasteiger partial charge on any atom is 0.336 e. The first-order valence-corrected chi connectivity index (χ1v) is 7.03. The van der Waals surface area contributed by atoms with Gasteiger partial charge in [0.1, 0.15) is 0 Å². The van der Waals surface area contributed by atoms with Crippen LogP contribution < -0.4 is 9.47 Å². The van der Waals surface area contributed by atoms with Crippen LogP contribution in [-0.2, 0) is 0 Å². The molecule has 0 unspecified atom stereocenters. The van der Waals surface area contributed by atoms with Gasteiger partial charge in [0.15, 0.2) is 11.5 Å². The Labute approximate surface area is 137 Å². The summed E-state index contributed by atoms with van der Waals surface area (Å²) in [6.07, 6.45) is 0. The molecule has 7 nitrogen and oxygen atoms in total. The first kappa shape index (κ1) is 15.5. The number of aromatic nitrogens is 2. The zero-order valence-electron chi connectivity index (χ0n) is 13.0. The van der Waals surface area contributed by atoms with Gasteiger partial charge in [-0.25, -0.2) is 4.79 Å². The minimum absolute atomic E-state index is 0.0882. The highest BCUT2D eigenvalue weighted by atomic mass is 16.5. The van der Waals surface area contributed by atoms with Gasteiger partial charge in [0.2, 0.25) is 5.82 Å². The molecule has 0 atom stereocenters. The summed E-state index contributed by atoms with van der Waals surface area (Å²) < 4.78 is 15.9. The normalized spacial score (nSPS) is 10.4. The van der Waals surface area contributed by atoms with Gasteiger partial charge in [0.05, 0.1) is 30.9 Å². The predicted molar refractivity (Wildman–Crippen MR) is 85.2 cm³/mol. The van der Waals surface area contributed by atoms with E-state index in [9.17, 15) is 9.90 Å². The van der Waals surface area contributed by atoms with E-state index >= 15 is 0 Å². The molecular formula is C17H14N2O5. The summed E-state index contributed by atoms with van der Waals surface area (Å²) in [5.74, 6) is 0.337. The second-order valence-corrected chi connectivity index (χ2v) is 4.81. The summed E-state index contributed by atoms with van der Waals surface area (Å²) in [4.78, 5) is 15.6. The first-order chi connectivity index (χ1) is 11.7. The van der Waals surface area contributed by atoms with Crippen LogP contribution in [0.5, 0.6) is 11.5 Å². The lowest BCUT2D eigenvalue weighted by Gasteiger charge is -2.09. The summed E-state index contributed by atoms with van der Waals surface area (Å²) in [5.41, 5.74) is 1.02. The van der Waals surface area contributed by atoms with Crippen molar-refractivity contribution < 1.29 is 23.9 Å². The Hall–Kier alpha value is -3.35. The van der Waals surface area contributed by atoms with E-state index in [4.69, 9.17) is 14.0 Å². The maximum absolute atomic E-state index is 11.3. The number of hydrogen-bond donors (Lipinski definition) is 1. The minimum atomic E-state index is -1.07. The molecule has 1 N–H and O–H groups in total. The second-order valence-electron chi connectivity index (χ2n) is 4.81. The van der Waals surface area contributed by atoms with E-state index in [1.165, 1.54) is 20.3 Å². The fraction of sp³-hybridized carbons (Fsp3) is 0.118. The lowest BCUT2D eigenvalue weighted by Crippen LogP contribution is -1.99. The van der Waals surface area contributed by atoms with E-state index in [0.29, 0.717) is 22.6 Å². The van der Waals surface area contributed by atoms with Crippen molar-refractivity contribution in [2.75, 3.05) is 14.2 Å². The van der Waals surface area contributed by atoms with Crippen LogP contribution in [0, 0.1) is 0 Å². The van der Waals surface area contributed by atoms with Crippen molar-refractivity contribution in [2.45, 2.75) is 0 Å². The fourth-order valence-corrected chi connectivity index (χ4v) is 2.36. The molecule has 24 heavy (non-hydrogen) atoms. The van der Waals surface area contributed by atoms with Crippen molar-refractivity contribution >= 4 is 5.97 Å². The van der Waals surface area contributed by atoms with Crippen LogP contribution in [0.1, 0.15) is 10.4 Å². The topological polar surface area (TPSA) is 94.7 Å². The highest BCUT2D eigenvalue weighted by Gasteiger charge is 2.20. The van der Waals surface area contributed by atoms with Crippen molar-refractivity contribution in [2.24, 2.45) is 0 Å². The van der Waals surface area contributed by atoms with E-state index < -0.39 is 5.97 Å². The zero-order chi connectivity index (χ0) is 17.1. The molecule has 0 amide bonds. The molecule has 0 fully saturated rings. The van der Waals surface area contributed by atoms with E-state index in [0.717, 1.165) is 0 Å². The molecule has 0 spiro atoms. The molecule has 0 aliphatic carbocycles. The number of carbonyl (C=O) groups is 1. The molecule has 0 radical (unpaired) electrons. The summed E-state index contributed by atoms with van der Waals surface area (Å²) in [5, 5.41) is 13.2. The van der Waals surface area contributed by atoms with Crippen LogP contribution in [-0.4, -0.2) is 35.4 Å². The van der Waals surface area contributed by atoms with E-state index in [2.05, 4.69) is 10.1 Å². The molecule has 0 bridgehead atoms. The highest BCUT2D eigenvalue weighted by Crippen LogP contribution is 2.37. The van der Waals surface area contributed by atoms with E-state index in [-0.39, 0.29) is 17.3 Å². The van der Waals surface area contributed by atoms with Gasteiger partial charge in [0, 0.05) is 0 Å². The Bertz CT molecular complexity index is 888. The Morgan fingerprint density at radius 2 is 1.79 bits per heavy atom. The molecule has 0 saturated carbocycles. The van der Waals surface area contributed by atoms with E-state index in [1.807, 2.05) is 0 Å². The molecule has 0 saturated heterocycles. The third-order valence-electron chi connectivity index (χ3n) is 3.46. The first-order valence-electron chi connectivity index (χ1n) is 7.03. The lowest BCUT2D eigenvalue weighted by molar-refractivity contribution is 0.0697. The van der Waals surface area contributed by atoms with Gasteiger partial charge < -0.3 is 19.1 Å².